The summed E-state index contributed by atoms with van der Waals surface area (Å²) < 4.78 is 19.1. The van der Waals surface area contributed by atoms with Crippen LogP contribution in [-0.4, -0.2) is 33.8 Å². The molecule has 9 heteroatoms. The van der Waals surface area contributed by atoms with Gasteiger partial charge in [0.2, 0.25) is 5.82 Å². The van der Waals surface area contributed by atoms with Crippen LogP contribution in [0.4, 0.5) is 4.39 Å². The Hall–Kier alpha value is -2.94. The Labute approximate surface area is 135 Å². The van der Waals surface area contributed by atoms with Crippen molar-refractivity contribution in [2.75, 3.05) is 7.11 Å². The number of hydrogen-bond donors (Lipinski definition) is 3. The largest absolute Gasteiger partial charge is 0.497 e. The lowest BCUT2D eigenvalue weighted by molar-refractivity contribution is -0.139. The normalized spacial score (nSPS) is 11.9. The van der Waals surface area contributed by atoms with Crippen LogP contribution in [0, 0.1) is 5.82 Å². The molecule has 0 aliphatic heterocycles. The minimum Gasteiger partial charge on any atom is -0.497 e. The average molecular weight is 337 g/mol. The second-order valence-corrected chi connectivity index (χ2v) is 5.01. The van der Waals surface area contributed by atoms with Gasteiger partial charge in [-0.3, -0.25) is 24.5 Å². The van der Waals surface area contributed by atoms with Crippen LogP contribution < -0.4 is 21.3 Å². The first kappa shape index (κ1) is 17.4. The first-order valence-electron chi connectivity index (χ1n) is 6.99. The smallest absolute Gasteiger partial charge is 0.328 e. The summed E-state index contributed by atoms with van der Waals surface area (Å²) in [7, 11) is 1.54. The number of carbonyl (C=O) groups is 1. The number of methoxy groups -OCH3 is 1. The van der Waals surface area contributed by atoms with Crippen LogP contribution in [0.1, 0.15) is 5.56 Å². The number of benzene rings is 1. The highest BCUT2D eigenvalue weighted by atomic mass is 19.1. The van der Waals surface area contributed by atoms with Crippen molar-refractivity contribution in [3.8, 4) is 5.75 Å². The Kier molecular flexibility index (Phi) is 5.48. The quantitative estimate of drug-likeness (QED) is 0.652. The lowest BCUT2D eigenvalue weighted by atomic mass is 10.2. The molecule has 0 aliphatic carbocycles. The van der Waals surface area contributed by atoms with Crippen LogP contribution >= 0.6 is 0 Å². The summed E-state index contributed by atoms with van der Waals surface area (Å²) in [6.45, 7) is -0.112. The fraction of sp³-hybridized carbons (Fsp3) is 0.267. The number of rotatable bonds is 7. The highest BCUT2D eigenvalue weighted by Gasteiger charge is 2.19. The first-order chi connectivity index (χ1) is 11.4. The van der Waals surface area contributed by atoms with Crippen LogP contribution in [0.3, 0.4) is 0 Å². The van der Waals surface area contributed by atoms with Crippen LogP contribution in [0.25, 0.3) is 0 Å². The van der Waals surface area contributed by atoms with Crippen molar-refractivity contribution < 1.29 is 19.0 Å². The van der Waals surface area contributed by atoms with Gasteiger partial charge in [0.1, 0.15) is 11.8 Å². The van der Waals surface area contributed by atoms with Crippen LogP contribution in [0.5, 0.6) is 5.75 Å². The third-order valence-corrected chi connectivity index (χ3v) is 3.36. The molecule has 3 N–H and O–H groups in total. The molecule has 0 saturated heterocycles. The van der Waals surface area contributed by atoms with Crippen molar-refractivity contribution in [3.05, 3.63) is 62.7 Å². The van der Waals surface area contributed by atoms with Crippen LogP contribution in [0.2, 0.25) is 0 Å². The van der Waals surface area contributed by atoms with E-state index in [1.54, 1.807) is 29.2 Å². The Morgan fingerprint density at radius 2 is 2.04 bits per heavy atom. The summed E-state index contributed by atoms with van der Waals surface area (Å²) in [5.74, 6) is -1.69. The number of aliphatic carboxylic acids is 1. The topological polar surface area (TPSA) is 113 Å². The van der Waals surface area contributed by atoms with Gasteiger partial charge < -0.3 is 9.84 Å². The molecule has 0 amide bonds. The molecule has 0 bridgehead atoms. The van der Waals surface area contributed by atoms with E-state index in [-0.39, 0.29) is 13.1 Å². The standard InChI is InChI=1S/C15H16FN3O5/c1-24-10-4-2-9(3-5-10)6-17-12(14(21)22)8-19-7-11(16)13(20)18-15(19)23/h2-5,7,12,17H,6,8H2,1H3,(H,21,22)(H,18,20,23)/t12-/m0/s1. The third-order valence-electron chi connectivity index (χ3n) is 3.36. The highest BCUT2D eigenvalue weighted by molar-refractivity contribution is 5.73. The molecule has 8 nitrogen and oxygen atoms in total. The molecule has 0 saturated carbocycles. The maximum atomic E-state index is 13.2. The number of nitrogens with zero attached hydrogens (tertiary/aromatic N) is 1. The van der Waals surface area contributed by atoms with Crippen molar-refractivity contribution >= 4 is 5.97 Å². The average Bonchev–Trinajstić information content (AvgIpc) is 2.56. The van der Waals surface area contributed by atoms with Gasteiger partial charge in [-0.2, -0.15) is 4.39 Å². The summed E-state index contributed by atoms with van der Waals surface area (Å²) in [6.07, 6.45) is 0.687. The maximum absolute atomic E-state index is 13.2. The molecule has 0 fully saturated rings. The van der Waals surface area contributed by atoms with Crippen molar-refractivity contribution in [1.29, 1.82) is 0 Å². The van der Waals surface area contributed by atoms with Gasteiger partial charge in [-0.25, -0.2) is 4.79 Å². The molecule has 1 aromatic carbocycles. The van der Waals surface area contributed by atoms with E-state index < -0.39 is 29.1 Å². The number of H-pyrrole nitrogens is 1. The number of halogens is 1. The molecule has 2 rings (SSSR count). The molecule has 2 aromatic rings. The molecule has 1 atom stereocenters. The maximum Gasteiger partial charge on any atom is 0.328 e. The molecule has 0 radical (unpaired) electrons. The Morgan fingerprint density at radius 3 is 2.62 bits per heavy atom. The second-order valence-electron chi connectivity index (χ2n) is 5.01. The number of aromatic nitrogens is 2. The van der Waals surface area contributed by atoms with Crippen molar-refractivity contribution in [2.24, 2.45) is 0 Å². The van der Waals surface area contributed by atoms with Gasteiger partial charge in [0.25, 0.3) is 5.56 Å². The highest BCUT2D eigenvalue weighted by Crippen LogP contribution is 2.11. The first-order valence-corrected chi connectivity index (χ1v) is 6.99. The zero-order valence-corrected chi connectivity index (χ0v) is 12.8. The van der Waals surface area contributed by atoms with E-state index in [4.69, 9.17) is 4.74 Å². The van der Waals surface area contributed by atoms with Crippen LogP contribution in [-0.2, 0) is 17.9 Å². The molecular weight excluding hydrogens is 321 g/mol. The molecule has 1 aromatic heterocycles. The van der Waals surface area contributed by atoms with E-state index in [2.05, 4.69) is 5.32 Å². The van der Waals surface area contributed by atoms with E-state index in [1.807, 2.05) is 0 Å². The van der Waals surface area contributed by atoms with Crippen molar-refractivity contribution in [3.63, 3.8) is 0 Å². The number of ether oxygens (including phenoxy) is 1. The van der Waals surface area contributed by atoms with E-state index >= 15 is 0 Å². The predicted octanol–water partition coefficient (Wildman–Crippen LogP) is -0.0727. The van der Waals surface area contributed by atoms with E-state index in [1.165, 1.54) is 7.11 Å². The fourth-order valence-corrected chi connectivity index (χ4v) is 2.03. The van der Waals surface area contributed by atoms with Gasteiger partial charge in [-0.05, 0) is 17.7 Å². The molecule has 128 valence electrons. The monoisotopic (exact) mass is 337 g/mol. The molecule has 0 unspecified atom stereocenters. The Morgan fingerprint density at radius 1 is 1.38 bits per heavy atom. The molecule has 0 spiro atoms. The number of nitrogens with one attached hydrogen (secondary N) is 2. The van der Waals surface area contributed by atoms with Gasteiger partial charge in [0.15, 0.2) is 0 Å². The minimum absolute atomic E-state index is 0.224. The predicted molar refractivity (Wildman–Crippen MR) is 82.5 cm³/mol. The zero-order chi connectivity index (χ0) is 17.7. The molecule has 1 heterocycles. The Balaban J connectivity index is 2.09. The summed E-state index contributed by atoms with van der Waals surface area (Å²) in [6, 6.07) is 5.84. The minimum atomic E-state index is -1.21. The van der Waals surface area contributed by atoms with Gasteiger partial charge in [-0.15, -0.1) is 0 Å². The molecule has 0 aliphatic rings. The Bertz CT molecular complexity index is 828. The summed E-state index contributed by atoms with van der Waals surface area (Å²) in [5, 5.41) is 12.0. The summed E-state index contributed by atoms with van der Waals surface area (Å²) in [4.78, 5) is 35.7. The van der Waals surface area contributed by atoms with Gasteiger partial charge >= 0.3 is 11.7 Å². The van der Waals surface area contributed by atoms with E-state index in [0.717, 1.165) is 10.1 Å². The van der Waals surface area contributed by atoms with Crippen LogP contribution in [0.15, 0.2) is 40.1 Å². The van der Waals surface area contributed by atoms with E-state index in [9.17, 15) is 23.9 Å². The lowest BCUT2D eigenvalue weighted by Crippen LogP contribution is -2.43. The van der Waals surface area contributed by atoms with Gasteiger partial charge in [0.05, 0.1) is 19.9 Å². The molecular formula is C15H16FN3O5. The van der Waals surface area contributed by atoms with Gasteiger partial charge in [0, 0.05) is 6.54 Å². The number of hydrogen-bond acceptors (Lipinski definition) is 5. The number of carboxylic acids is 1. The second kappa shape index (κ2) is 7.55. The van der Waals surface area contributed by atoms with Crippen molar-refractivity contribution in [2.45, 2.75) is 19.1 Å². The van der Waals surface area contributed by atoms with Gasteiger partial charge in [-0.1, -0.05) is 12.1 Å². The number of carboxylic acid groups (broad SMARTS) is 1. The lowest BCUT2D eigenvalue weighted by Gasteiger charge is -2.16. The number of aromatic amines is 1. The van der Waals surface area contributed by atoms with E-state index in [0.29, 0.717) is 11.9 Å². The SMILES string of the molecule is COc1ccc(CN[C@@H](Cn2cc(F)c(=O)[nH]c2=O)C(=O)O)cc1. The summed E-state index contributed by atoms with van der Waals surface area (Å²) in [5.41, 5.74) is -1.21. The zero-order valence-electron chi connectivity index (χ0n) is 12.8. The summed E-state index contributed by atoms with van der Waals surface area (Å²) >= 11 is 0. The van der Waals surface area contributed by atoms with Crippen molar-refractivity contribution in [1.82, 2.24) is 14.9 Å². The third kappa shape index (κ3) is 4.29. The molecule has 24 heavy (non-hydrogen) atoms. The fourth-order valence-electron chi connectivity index (χ4n) is 2.03.